The van der Waals surface area contributed by atoms with Crippen LogP contribution in [-0.2, 0) is 12.8 Å². The van der Waals surface area contributed by atoms with Crippen molar-refractivity contribution >= 4 is 23.0 Å². The van der Waals surface area contributed by atoms with Crippen LogP contribution in [0.3, 0.4) is 0 Å². The average molecular weight is 289 g/mol. The molecule has 3 rings (SSSR count). The molecule has 2 heterocycles. The quantitative estimate of drug-likeness (QED) is 0.845. The first kappa shape index (κ1) is 13.1. The van der Waals surface area contributed by atoms with E-state index in [1.165, 1.54) is 11.3 Å². The number of fused-ring (bicyclic) bond motifs is 1. The minimum Gasteiger partial charge on any atom is -0.343 e. The number of hydrogen-bond acceptors (Lipinski definition) is 4. The predicted molar refractivity (Wildman–Crippen MR) is 76.2 cm³/mol. The van der Waals surface area contributed by atoms with Crippen LogP contribution in [0.2, 0.25) is 0 Å². The van der Waals surface area contributed by atoms with Crippen LogP contribution in [0.25, 0.3) is 0 Å². The molecule has 20 heavy (non-hydrogen) atoms. The van der Waals surface area contributed by atoms with Crippen LogP contribution in [0.15, 0.2) is 17.5 Å². The molecule has 0 saturated carbocycles. The van der Waals surface area contributed by atoms with Gasteiger partial charge in [-0.2, -0.15) is 5.10 Å². The third-order valence-corrected chi connectivity index (χ3v) is 4.39. The van der Waals surface area contributed by atoms with Gasteiger partial charge in [-0.25, -0.2) is 0 Å². The standard InChI is InChI=1S/C14H15N3O2S/c18-11(12-6-3-7-20-12)8-15-14(19)13-9-4-1-2-5-10(9)16-17-13/h3,6-7H,1-2,4-5,8H2,(H,15,19)(H,16,17). The number of ketones is 1. The lowest BCUT2D eigenvalue weighted by Gasteiger charge is -2.10. The second kappa shape index (κ2) is 5.58. The number of aromatic nitrogens is 2. The van der Waals surface area contributed by atoms with Gasteiger partial charge in [0.05, 0.1) is 11.4 Å². The molecule has 1 aliphatic rings. The predicted octanol–water partition coefficient (Wildman–Crippen LogP) is 1.96. The van der Waals surface area contributed by atoms with E-state index >= 15 is 0 Å². The molecule has 1 amide bonds. The second-order valence-corrected chi connectivity index (χ2v) is 5.77. The summed E-state index contributed by atoms with van der Waals surface area (Å²) in [5, 5.41) is 11.5. The highest BCUT2D eigenvalue weighted by atomic mass is 32.1. The van der Waals surface area contributed by atoms with Crippen molar-refractivity contribution in [3.05, 3.63) is 39.3 Å². The fraction of sp³-hybridized carbons (Fsp3) is 0.357. The minimum absolute atomic E-state index is 0.0149. The highest BCUT2D eigenvalue weighted by Crippen LogP contribution is 2.21. The maximum Gasteiger partial charge on any atom is 0.272 e. The number of Topliss-reactive ketones (excluding diaryl/α,β-unsaturated/α-hetero) is 1. The summed E-state index contributed by atoms with van der Waals surface area (Å²) in [6, 6.07) is 3.58. The van der Waals surface area contributed by atoms with E-state index in [1.807, 2.05) is 11.4 Å². The molecule has 0 saturated heterocycles. The summed E-state index contributed by atoms with van der Waals surface area (Å²) in [6.07, 6.45) is 4.05. The molecule has 0 spiro atoms. The van der Waals surface area contributed by atoms with E-state index in [4.69, 9.17) is 0 Å². The Balaban J connectivity index is 1.65. The van der Waals surface area contributed by atoms with Crippen LogP contribution in [0.1, 0.15) is 44.3 Å². The summed E-state index contributed by atoms with van der Waals surface area (Å²) in [6.45, 7) is 0.0149. The topological polar surface area (TPSA) is 74.8 Å². The first-order valence-corrected chi connectivity index (χ1v) is 7.54. The van der Waals surface area contributed by atoms with E-state index in [2.05, 4.69) is 15.5 Å². The van der Waals surface area contributed by atoms with Gasteiger partial charge in [-0.3, -0.25) is 14.7 Å². The van der Waals surface area contributed by atoms with Crippen molar-refractivity contribution < 1.29 is 9.59 Å². The lowest BCUT2D eigenvalue weighted by molar-refractivity contribution is 0.0901. The molecule has 0 unspecified atom stereocenters. The number of thiophene rings is 1. The van der Waals surface area contributed by atoms with E-state index in [9.17, 15) is 9.59 Å². The van der Waals surface area contributed by atoms with E-state index in [-0.39, 0.29) is 18.2 Å². The number of carbonyl (C=O) groups is 2. The maximum absolute atomic E-state index is 12.1. The first-order chi connectivity index (χ1) is 9.75. The van der Waals surface area contributed by atoms with Gasteiger partial charge in [0.1, 0.15) is 0 Å². The van der Waals surface area contributed by atoms with Crippen LogP contribution < -0.4 is 5.32 Å². The Morgan fingerprint density at radius 3 is 3.00 bits per heavy atom. The van der Waals surface area contributed by atoms with Gasteiger partial charge < -0.3 is 5.32 Å². The zero-order chi connectivity index (χ0) is 13.9. The van der Waals surface area contributed by atoms with Crippen LogP contribution in [0.5, 0.6) is 0 Å². The first-order valence-electron chi connectivity index (χ1n) is 6.66. The number of aromatic amines is 1. The number of amides is 1. The molecule has 0 radical (unpaired) electrons. The highest BCUT2D eigenvalue weighted by Gasteiger charge is 2.22. The summed E-state index contributed by atoms with van der Waals surface area (Å²) in [5.74, 6) is -0.341. The molecular formula is C14H15N3O2S. The second-order valence-electron chi connectivity index (χ2n) is 4.82. The Kier molecular flexibility index (Phi) is 3.64. The normalized spacial score (nSPS) is 13.8. The van der Waals surface area contributed by atoms with Gasteiger partial charge in [-0.15, -0.1) is 11.3 Å². The Morgan fingerprint density at radius 1 is 1.35 bits per heavy atom. The van der Waals surface area contributed by atoms with Gasteiger partial charge in [-0.05, 0) is 37.1 Å². The number of aryl methyl sites for hydroxylation is 1. The molecule has 2 aromatic rings. The number of nitrogens with one attached hydrogen (secondary N) is 2. The molecule has 5 nitrogen and oxygen atoms in total. The lowest BCUT2D eigenvalue weighted by Crippen LogP contribution is -2.30. The van der Waals surface area contributed by atoms with Gasteiger partial charge in [0.25, 0.3) is 5.91 Å². The Labute approximate surface area is 120 Å². The van der Waals surface area contributed by atoms with Crippen molar-refractivity contribution in [2.24, 2.45) is 0 Å². The van der Waals surface area contributed by atoms with Gasteiger partial charge in [0.2, 0.25) is 0 Å². The average Bonchev–Trinajstić information content (AvgIpc) is 3.13. The number of H-pyrrole nitrogens is 1. The molecule has 0 fully saturated rings. The summed E-state index contributed by atoms with van der Waals surface area (Å²) in [5.41, 5.74) is 2.52. The van der Waals surface area contributed by atoms with Gasteiger partial charge in [0, 0.05) is 11.3 Å². The van der Waals surface area contributed by atoms with Gasteiger partial charge in [-0.1, -0.05) is 6.07 Å². The molecule has 2 aromatic heterocycles. The molecule has 2 N–H and O–H groups in total. The molecule has 104 valence electrons. The summed E-state index contributed by atoms with van der Waals surface area (Å²) in [7, 11) is 0. The van der Waals surface area contributed by atoms with Crippen molar-refractivity contribution in [1.82, 2.24) is 15.5 Å². The summed E-state index contributed by atoms with van der Waals surface area (Å²) < 4.78 is 0. The Morgan fingerprint density at radius 2 is 2.20 bits per heavy atom. The number of rotatable bonds is 4. The molecule has 0 aromatic carbocycles. The molecular weight excluding hydrogens is 274 g/mol. The van der Waals surface area contributed by atoms with Crippen molar-refractivity contribution in [2.75, 3.05) is 6.54 Å². The highest BCUT2D eigenvalue weighted by molar-refractivity contribution is 7.12. The SMILES string of the molecule is O=C(CNC(=O)c1n[nH]c2c1CCCC2)c1cccs1. The van der Waals surface area contributed by atoms with Crippen LogP contribution in [0.4, 0.5) is 0 Å². The van der Waals surface area contributed by atoms with Crippen LogP contribution >= 0.6 is 11.3 Å². The fourth-order valence-electron chi connectivity index (χ4n) is 2.44. The number of hydrogen-bond donors (Lipinski definition) is 2. The van der Waals surface area contributed by atoms with Crippen molar-refractivity contribution in [3.63, 3.8) is 0 Å². The summed E-state index contributed by atoms with van der Waals surface area (Å²) in [4.78, 5) is 24.6. The van der Waals surface area contributed by atoms with E-state index < -0.39 is 0 Å². The molecule has 6 heteroatoms. The van der Waals surface area contributed by atoms with Crippen LogP contribution in [-0.4, -0.2) is 28.4 Å². The largest absolute Gasteiger partial charge is 0.343 e. The monoisotopic (exact) mass is 289 g/mol. The van der Waals surface area contributed by atoms with Crippen molar-refractivity contribution in [2.45, 2.75) is 25.7 Å². The third-order valence-electron chi connectivity index (χ3n) is 3.48. The Bertz CT molecular complexity index is 631. The maximum atomic E-state index is 12.1. The zero-order valence-corrected chi connectivity index (χ0v) is 11.8. The molecule has 0 aliphatic heterocycles. The van der Waals surface area contributed by atoms with E-state index in [1.54, 1.807) is 6.07 Å². The van der Waals surface area contributed by atoms with Crippen molar-refractivity contribution in [3.8, 4) is 0 Å². The van der Waals surface area contributed by atoms with Crippen LogP contribution in [0, 0.1) is 0 Å². The zero-order valence-electron chi connectivity index (χ0n) is 10.9. The van der Waals surface area contributed by atoms with Crippen molar-refractivity contribution in [1.29, 1.82) is 0 Å². The minimum atomic E-state index is -0.269. The number of carbonyl (C=O) groups excluding carboxylic acids is 2. The fourth-order valence-corrected chi connectivity index (χ4v) is 3.10. The third kappa shape index (κ3) is 2.51. The molecule has 1 aliphatic carbocycles. The van der Waals surface area contributed by atoms with E-state index in [0.29, 0.717) is 10.6 Å². The van der Waals surface area contributed by atoms with Gasteiger partial charge >= 0.3 is 0 Å². The molecule has 0 atom stereocenters. The smallest absolute Gasteiger partial charge is 0.272 e. The van der Waals surface area contributed by atoms with Gasteiger partial charge in [0.15, 0.2) is 11.5 Å². The Hall–Kier alpha value is -1.95. The lowest BCUT2D eigenvalue weighted by atomic mass is 9.96. The van der Waals surface area contributed by atoms with E-state index in [0.717, 1.165) is 36.9 Å². The number of nitrogens with zero attached hydrogens (tertiary/aromatic N) is 1. The summed E-state index contributed by atoms with van der Waals surface area (Å²) >= 11 is 1.38. The molecule has 0 bridgehead atoms.